The number of hydrogen-bond donors (Lipinski definition) is 0. The molecular weight excluding hydrogens is 398 g/mol. The van der Waals surface area contributed by atoms with Crippen LogP contribution in [0.25, 0.3) is 6.08 Å². The summed E-state index contributed by atoms with van der Waals surface area (Å²) in [6.45, 7) is 4.69. The molecule has 0 atom stereocenters. The van der Waals surface area contributed by atoms with Crippen molar-refractivity contribution in [1.29, 1.82) is 0 Å². The Labute approximate surface area is 181 Å². The highest BCUT2D eigenvalue weighted by Crippen LogP contribution is 2.13. The van der Waals surface area contributed by atoms with Crippen molar-refractivity contribution in [3.63, 3.8) is 0 Å². The fourth-order valence-corrected chi connectivity index (χ4v) is 3.60. The Kier molecular flexibility index (Phi) is 6.57. The first-order valence-corrected chi connectivity index (χ1v) is 10.4. The highest BCUT2D eigenvalue weighted by Gasteiger charge is 2.19. The first-order valence-electron chi connectivity index (χ1n) is 10.0. The molecule has 7 heteroatoms. The molecule has 0 bridgehead atoms. The average molecular weight is 422 g/mol. The predicted molar refractivity (Wildman–Crippen MR) is 118 cm³/mol. The van der Waals surface area contributed by atoms with Crippen LogP contribution in [-0.4, -0.2) is 56.9 Å². The Morgan fingerprint density at radius 3 is 2.37 bits per heavy atom. The molecule has 30 heavy (non-hydrogen) atoms. The topological polar surface area (TPSA) is 54.3 Å². The molecule has 1 aliphatic heterocycles. The molecular formula is C23H24ClN5O. The summed E-state index contributed by atoms with van der Waals surface area (Å²) < 4.78 is 1.77. The standard InChI is InChI=1S/C23H24ClN5O/c24-21-8-6-20(7-9-21)16-27-12-14-28(15-13-27)23(30)11-10-22-18-29(26-25-22)17-19-4-2-1-3-5-19/h1-11,18H,12-17H2. The van der Waals surface area contributed by atoms with E-state index in [9.17, 15) is 4.79 Å². The summed E-state index contributed by atoms with van der Waals surface area (Å²) in [4.78, 5) is 16.8. The number of amides is 1. The van der Waals surface area contributed by atoms with Crippen molar-refractivity contribution < 1.29 is 4.79 Å². The summed E-state index contributed by atoms with van der Waals surface area (Å²) in [6, 6.07) is 18.0. The lowest BCUT2D eigenvalue weighted by Gasteiger charge is -2.34. The van der Waals surface area contributed by atoms with Crippen molar-refractivity contribution in [2.45, 2.75) is 13.1 Å². The van der Waals surface area contributed by atoms with Crippen LogP contribution in [0.3, 0.4) is 0 Å². The molecule has 0 unspecified atom stereocenters. The number of nitrogens with zero attached hydrogens (tertiary/aromatic N) is 5. The predicted octanol–water partition coefficient (Wildman–Crippen LogP) is 3.34. The fraction of sp³-hybridized carbons (Fsp3) is 0.261. The summed E-state index contributed by atoms with van der Waals surface area (Å²) in [5.74, 6) is 0.0127. The van der Waals surface area contributed by atoms with E-state index in [1.165, 1.54) is 5.56 Å². The van der Waals surface area contributed by atoms with Gasteiger partial charge in [0.1, 0.15) is 5.69 Å². The van der Waals surface area contributed by atoms with Crippen molar-refractivity contribution in [2.24, 2.45) is 0 Å². The number of aromatic nitrogens is 3. The van der Waals surface area contributed by atoms with Gasteiger partial charge in [0.2, 0.25) is 5.91 Å². The molecule has 1 amide bonds. The summed E-state index contributed by atoms with van der Waals surface area (Å²) in [7, 11) is 0. The van der Waals surface area contributed by atoms with Gasteiger partial charge in [-0.25, -0.2) is 4.68 Å². The minimum atomic E-state index is 0.0127. The van der Waals surface area contributed by atoms with Gasteiger partial charge in [0.05, 0.1) is 12.7 Å². The normalized spacial score (nSPS) is 15.0. The molecule has 1 fully saturated rings. The first-order chi connectivity index (χ1) is 14.7. The lowest BCUT2D eigenvalue weighted by atomic mass is 10.2. The van der Waals surface area contributed by atoms with Gasteiger partial charge in [-0.3, -0.25) is 9.69 Å². The van der Waals surface area contributed by atoms with Crippen LogP contribution in [0.5, 0.6) is 0 Å². The smallest absolute Gasteiger partial charge is 0.246 e. The van der Waals surface area contributed by atoms with Gasteiger partial charge in [-0.2, -0.15) is 0 Å². The van der Waals surface area contributed by atoms with Crippen LogP contribution >= 0.6 is 11.6 Å². The number of carbonyl (C=O) groups excluding carboxylic acids is 1. The lowest BCUT2D eigenvalue weighted by Crippen LogP contribution is -2.47. The van der Waals surface area contributed by atoms with E-state index in [0.29, 0.717) is 12.2 Å². The average Bonchev–Trinajstić information content (AvgIpc) is 3.22. The van der Waals surface area contributed by atoms with E-state index in [0.717, 1.165) is 43.3 Å². The number of rotatable bonds is 6. The summed E-state index contributed by atoms with van der Waals surface area (Å²) in [6.07, 6.45) is 5.17. The zero-order valence-electron chi connectivity index (χ0n) is 16.7. The Hall–Kier alpha value is -2.96. The molecule has 0 spiro atoms. The van der Waals surface area contributed by atoms with Crippen LogP contribution in [0.4, 0.5) is 0 Å². The molecule has 0 radical (unpaired) electrons. The molecule has 2 heterocycles. The Balaban J connectivity index is 1.25. The Bertz CT molecular complexity index is 992. The molecule has 1 saturated heterocycles. The van der Waals surface area contributed by atoms with E-state index in [1.54, 1.807) is 16.8 Å². The van der Waals surface area contributed by atoms with E-state index in [1.807, 2.05) is 65.7 Å². The number of piperazine rings is 1. The van der Waals surface area contributed by atoms with Crippen molar-refractivity contribution in [2.75, 3.05) is 26.2 Å². The van der Waals surface area contributed by atoms with Crippen LogP contribution in [0.1, 0.15) is 16.8 Å². The molecule has 2 aromatic carbocycles. The SMILES string of the molecule is O=C(C=Cc1cn(Cc2ccccc2)nn1)N1CCN(Cc2ccc(Cl)cc2)CC1. The van der Waals surface area contributed by atoms with Gasteiger partial charge in [0.15, 0.2) is 0 Å². The minimum absolute atomic E-state index is 0.0127. The summed E-state index contributed by atoms with van der Waals surface area (Å²) in [5, 5.41) is 9.02. The van der Waals surface area contributed by atoms with E-state index in [4.69, 9.17) is 11.6 Å². The van der Waals surface area contributed by atoms with Crippen molar-refractivity contribution in [1.82, 2.24) is 24.8 Å². The Morgan fingerprint density at radius 2 is 1.63 bits per heavy atom. The van der Waals surface area contributed by atoms with Crippen molar-refractivity contribution in [3.8, 4) is 0 Å². The molecule has 0 saturated carbocycles. The number of halogens is 1. The van der Waals surface area contributed by atoms with Gasteiger partial charge in [-0.05, 0) is 29.3 Å². The van der Waals surface area contributed by atoms with Crippen LogP contribution in [0, 0.1) is 0 Å². The minimum Gasteiger partial charge on any atom is -0.337 e. The van der Waals surface area contributed by atoms with E-state index in [-0.39, 0.29) is 5.91 Å². The lowest BCUT2D eigenvalue weighted by molar-refractivity contribution is -0.127. The van der Waals surface area contributed by atoms with Crippen LogP contribution in [-0.2, 0) is 17.9 Å². The second-order valence-corrected chi connectivity index (χ2v) is 7.82. The van der Waals surface area contributed by atoms with Crippen molar-refractivity contribution >= 4 is 23.6 Å². The monoisotopic (exact) mass is 421 g/mol. The molecule has 154 valence electrons. The zero-order valence-corrected chi connectivity index (χ0v) is 17.4. The van der Waals surface area contributed by atoms with Gasteiger partial charge < -0.3 is 4.90 Å². The van der Waals surface area contributed by atoms with Crippen LogP contribution in [0.15, 0.2) is 66.9 Å². The van der Waals surface area contributed by atoms with Gasteiger partial charge in [-0.1, -0.05) is 59.3 Å². The molecule has 4 rings (SSSR count). The summed E-state index contributed by atoms with van der Waals surface area (Å²) >= 11 is 5.95. The zero-order chi connectivity index (χ0) is 20.8. The maximum Gasteiger partial charge on any atom is 0.246 e. The second-order valence-electron chi connectivity index (χ2n) is 7.39. The molecule has 6 nitrogen and oxygen atoms in total. The largest absolute Gasteiger partial charge is 0.337 e. The highest BCUT2D eigenvalue weighted by atomic mass is 35.5. The molecule has 0 N–H and O–H groups in total. The third kappa shape index (κ3) is 5.55. The number of hydrogen-bond acceptors (Lipinski definition) is 4. The molecule has 1 aliphatic rings. The van der Waals surface area contributed by atoms with E-state index >= 15 is 0 Å². The van der Waals surface area contributed by atoms with Gasteiger partial charge in [-0.15, -0.1) is 5.10 Å². The second kappa shape index (κ2) is 9.69. The highest BCUT2D eigenvalue weighted by molar-refractivity contribution is 6.30. The molecule has 3 aromatic rings. The summed E-state index contributed by atoms with van der Waals surface area (Å²) in [5.41, 5.74) is 3.07. The number of benzene rings is 2. The quantitative estimate of drug-likeness (QED) is 0.573. The maximum atomic E-state index is 12.5. The first kappa shape index (κ1) is 20.3. The van der Waals surface area contributed by atoms with Gasteiger partial charge in [0.25, 0.3) is 0 Å². The molecule has 1 aromatic heterocycles. The van der Waals surface area contributed by atoms with Crippen LogP contribution < -0.4 is 0 Å². The van der Waals surface area contributed by atoms with Gasteiger partial charge in [0, 0.05) is 43.8 Å². The third-order valence-electron chi connectivity index (χ3n) is 5.14. The van der Waals surface area contributed by atoms with Gasteiger partial charge >= 0.3 is 0 Å². The Morgan fingerprint density at radius 1 is 0.933 bits per heavy atom. The van der Waals surface area contributed by atoms with E-state index in [2.05, 4.69) is 15.2 Å². The molecule has 0 aliphatic carbocycles. The van der Waals surface area contributed by atoms with Crippen LogP contribution in [0.2, 0.25) is 5.02 Å². The van der Waals surface area contributed by atoms with E-state index < -0.39 is 0 Å². The maximum absolute atomic E-state index is 12.5. The fourth-order valence-electron chi connectivity index (χ4n) is 3.47. The third-order valence-corrected chi connectivity index (χ3v) is 5.40. The number of carbonyl (C=O) groups is 1. The van der Waals surface area contributed by atoms with Crippen molar-refractivity contribution in [3.05, 3.63) is 88.7 Å².